The minimum atomic E-state index is -3.17. The number of halogens is 3. The first-order valence-electron chi connectivity index (χ1n) is 7.19. The molecule has 24 heavy (non-hydrogen) atoms. The van der Waals surface area contributed by atoms with Gasteiger partial charge in [0.1, 0.15) is 0 Å². The smallest absolute Gasteiger partial charge is 0.387 e. The van der Waals surface area contributed by atoms with Crippen molar-refractivity contribution >= 4 is 26.0 Å². The summed E-state index contributed by atoms with van der Waals surface area (Å²) in [6, 6.07) is 3.34. The fraction of sp³-hybridized carbons (Fsp3) is 0.571. The number of piperazine rings is 1. The zero-order valence-electron chi connectivity index (χ0n) is 13.3. The summed E-state index contributed by atoms with van der Waals surface area (Å²) in [6.07, 6.45) is 1.20. The van der Waals surface area contributed by atoms with E-state index in [0.717, 1.165) is 5.56 Å². The van der Waals surface area contributed by atoms with E-state index in [1.165, 1.54) is 17.7 Å². The van der Waals surface area contributed by atoms with Crippen LogP contribution in [0.1, 0.15) is 5.56 Å². The Bertz CT molecular complexity index is 680. The second-order valence-electron chi connectivity index (χ2n) is 5.43. The Morgan fingerprint density at radius 3 is 2.38 bits per heavy atom. The molecule has 1 aliphatic heterocycles. The molecule has 1 heterocycles. The van der Waals surface area contributed by atoms with Crippen LogP contribution in [0.25, 0.3) is 0 Å². The first-order chi connectivity index (χ1) is 11.2. The molecule has 1 aromatic carbocycles. The zero-order chi connectivity index (χ0) is 17.9. The largest absolute Gasteiger partial charge is 0.493 e. The number of hydrogen-bond donors (Lipinski definition) is 0. The van der Waals surface area contributed by atoms with E-state index in [4.69, 9.17) is 4.74 Å². The molecule has 1 aliphatic rings. The molecule has 1 fully saturated rings. The van der Waals surface area contributed by atoms with Crippen LogP contribution < -0.4 is 9.47 Å². The second kappa shape index (κ2) is 7.94. The van der Waals surface area contributed by atoms with E-state index in [2.05, 4.69) is 25.6 Å². The third kappa shape index (κ3) is 5.01. The molecule has 0 saturated carbocycles. The van der Waals surface area contributed by atoms with Crippen LogP contribution in [-0.4, -0.2) is 63.8 Å². The van der Waals surface area contributed by atoms with Gasteiger partial charge in [-0.2, -0.15) is 13.1 Å². The van der Waals surface area contributed by atoms with Crippen LogP contribution in [0.2, 0.25) is 0 Å². The lowest BCUT2D eigenvalue weighted by atomic mass is 10.1. The third-order valence-electron chi connectivity index (χ3n) is 3.70. The van der Waals surface area contributed by atoms with Crippen molar-refractivity contribution in [3.05, 3.63) is 22.2 Å². The Labute approximate surface area is 148 Å². The average Bonchev–Trinajstić information content (AvgIpc) is 2.49. The average molecular weight is 429 g/mol. The van der Waals surface area contributed by atoms with Crippen molar-refractivity contribution in [2.24, 2.45) is 0 Å². The van der Waals surface area contributed by atoms with Gasteiger partial charge in [-0.3, -0.25) is 4.90 Å². The Kier molecular flexibility index (Phi) is 6.40. The highest BCUT2D eigenvalue weighted by molar-refractivity contribution is 9.10. The highest BCUT2D eigenvalue weighted by atomic mass is 79.9. The van der Waals surface area contributed by atoms with Crippen molar-refractivity contribution in [2.75, 3.05) is 39.5 Å². The standard InChI is InChI=1S/C14H19BrF2N2O4S/c1-22-12-8-10(7-11(15)13(12)23-14(16)17)9-18-3-5-19(6-4-18)24(2,20)21/h7-8,14H,3-6,9H2,1-2H3. The molecule has 0 aliphatic carbocycles. The normalized spacial score (nSPS) is 17.2. The Morgan fingerprint density at radius 1 is 1.25 bits per heavy atom. The molecule has 0 aromatic heterocycles. The molecule has 1 aromatic rings. The van der Waals surface area contributed by atoms with E-state index in [-0.39, 0.29) is 11.5 Å². The quantitative estimate of drug-likeness (QED) is 0.694. The van der Waals surface area contributed by atoms with Crippen LogP contribution >= 0.6 is 15.9 Å². The van der Waals surface area contributed by atoms with E-state index in [9.17, 15) is 17.2 Å². The van der Waals surface area contributed by atoms with E-state index in [1.54, 1.807) is 12.1 Å². The summed E-state index contributed by atoms with van der Waals surface area (Å²) in [5.74, 6) is 0.174. The van der Waals surface area contributed by atoms with Crippen molar-refractivity contribution in [2.45, 2.75) is 13.2 Å². The van der Waals surface area contributed by atoms with Crippen LogP contribution in [0.4, 0.5) is 8.78 Å². The molecule has 0 N–H and O–H groups in total. The maximum absolute atomic E-state index is 12.5. The van der Waals surface area contributed by atoms with Crippen molar-refractivity contribution in [3.63, 3.8) is 0 Å². The molecule has 0 unspecified atom stereocenters. The summed E-state index contributed by atoms with van der Waals surface area (Å²) in [5, 5.41) is 0. The molecule has 0 spiro atoms. The number of rotatable bonds is 6. The van der Waals surface area contributed by atoms with Gasteiger partial charge in [-0.1, -0.05) is 0 Å². The molecule has 10 heteroatoms. The number of sulfonamides is 1. The van der Waals surface area contributed by atoms with Gasteiger partial charge in [0.2, 0.25) is 10.0 Å². The van der Waals surface area contributed by atoms with Crippen LogP contribution in [0.5, 0.6) is 11.5 Å². The maximum atomic E-state index is 12.5. The fourth-order valence-electron chi connectivity index (χ4n) is 2.55. The number of ether oxygens (including phenoxy) is 2. The molecular formula is C14H19BrF2N2O4S. The third-order valence-corrected chi connectivity index (χ3v) is 5.59. The van der Waals surface area contributed by atoms with Gasteiger partial charge in [0.25, 0.3) is 0 Å². The van der Waals surface area contributed by atoms with E-state index >= 15 is 0 Å². The molecule has 0 amide bonds. The summed E-state index contributed by atoms with van der Waals surface area (Å²) in [6.45, 7) is -0.315. The first-order valence-corrected chi connectivity index (χ1v) is 9.83. The molecule has 0 bridgehead atoms. The maximum Gasteiger partial charge on any atom is 0.387 e. The van der Waals surface area contributed by atoms with Gasteiger partial charge >= 0.3 is 6.61 Å². The van der Waals surface area contributed by atoms with Crippen LogP contribution in [0.3, 0.4) is 0 Å². The fourth-order valence-corrected chi connectivity index (χ4v) is 3.95. The topological polar surface area (TPSA) is 59.1 Å². The van der Waals surface area contributed by atoms with Crippen LogP contribution in [-0.2, 0) is 16.6 Å². The lowest BCUT2D eigenvalue weighted by Crippen LogP contribution is -2.47. The Morgan fingerprint density at radius 2 is 1.88 bits per heavy atom. The summed E-state index contributed by atoms with van der Waals surface area (Å²) in [5.41, 5.74) is 0.855. The molecule has 0 radical (unpaired) electrons. The number of methoxy groups -OCH3 is 1. The van der Waals surface area contributed by atoms with Crippen LogP contribution in [0.15, 0.2) is 16.6 Å². The summed E-state index contributed by atoms with van der Waals surface area (Å²) < 4.78 is 59.4. The summed E-state index contributed by atoms with van der Waals surface area (Å²) in [7, 11) is -1.78. The van der Waals surface area contributed by atoms with Crippen molar-refractivity contribution in [3.8, 4) is 11.5 Å². The number of nitrogens with zero attached hydrogens (tertiary/aromatic N) is 2. The summed E-state index contributed by atoms with van der Waals surface area (Å²) in [4.78, 5) is 2.09. The van der Waals surface area contributed by atoms with Gasteiger partial charge in [-0.15, -0.1) is 0 Å². The van der Waals surface area contributed by atoms with E-state index in [1.807, 2.05) is 0 Å². The van der Waals surface area contributed by atoms with Gasteiger partial charge in [-0.25, -0.2) is 8.42 Å². The summed E-state index contributed by atoms with van der Waals surface area (Å²) >= 11 is 3.22. The molecular weight excluding hydrogens is 410 g/mol. The highest BCUT2D eigenvalue weighted by Crippen LogP contribution is 2.38. The van der Waals surface area contributed by atoms with Crippen molar-refractivity contribution < 1.29 is 26.7 Å². The molecule has 1 saturated heterocycles. The lowest BCUT2D eigenvalue weighted by molar-refractivity contribution is -0.0517. The predicted molar refractivity (Wildman–Crippen MR) is 89.0 cm³/mol. The highest BCUT2D eigenvalue weighted by Gasteiger charge is 2.24. The van der Waals surface area contributed by atoms with Crippen LogP contribution in [0, 0.1) is 0 Å². The predicted octanol–water partition coefficient (Wildman–Crippen LogP) is 2.14. The van der Waals surface area contributed by atoms with Crippen molar-refractivity contribution in [1.29, 1.82) is 0 Å². The Balaban J connectivity index is 2.07. The van der Waals surface area contributed by atoms with Gasteiger partial charge in [0, 0.05) is 32.7 Å². The minimum Gasteiger partial charge on any atom is -0.493 e. The Hall–Kier alpha value is -0.970. The van der Waals surface area contributed by atoms with Crippen molar-refractivity contribution in [1.82, 2.24) is 9.21 Å². The minimum absolute atomic E-state index is 0.0434. The zero-order valence-corrected chi connectivity index (χ0v) is 15.7. The van der Waals surface area contributed by atoms with E-state index < -0.39 is 16.6 Å². The number of hydrogen-bond acceptors (Lipinski definition) is 5. The van der Waals surface area contributed by atoms with Gasteiger partial charge in [-0.05, 0) is 33.6 Å². The molecule has 2 rings (SSSR count). The lowest BCUT2D eigenvalue weighted by Gasteiger charge is -2.33. The van der Waals surface area contributed by atoms with Gasteiger partial charge < -0.3 is 9.47 Å². The number of benzene rings is 1. The molecule has 6 nitrogen and oxygen atoms in total. The first kappa shape index (κ1) is 19.4. The SMILES string of the molecule is COc1cc(CN2CCN(S(C)(=O)=O)CC2)cc(Br)c1OC(F)F. The monoisotopic (exact) mass is 428 g/mol. The molecule has 0 atom stereocenters. The second-order valence-corrected chi connectivity index (χ2v) is 8.26. The number of alkyl halides is 2. The molecule has 136 valence electrons. The van der Waals surface area contributed by atoms with Gasteiger partial charge in [0.15, 0.2) is 11.5 Å². The van der Waals surface area contributed by atoms with E-state index in [0.29, 0.717) is 37.2 Å². The van der Waals surface area contributed by atoms with Gasteiger partial charge in [0.05, 0.1) is 17.8 Å².